The fourth-order valence-corrected chi connectivity index (χ4v) is 2.50. The minimum Gasteiger partial charge on any atom is -0.467 e. The number of Topliss-reactive ketones (excluding diaryl/α,β-unsaturated/α-hetero) is 1. The lowest BCUT2D eigenvalue weighted by molar-refractivity contribution is -0.145. The first-order valence-corrected chi connectivity index (χ1v) is 8.68. The Labute approximate surface area is 157 Å². The van der Waals surface area contributed by atoms with Crippen LogP contribution >= 0.6 is 0 Å². The Balaban J connectivity index is 2.88. The molecular weight excluding hydrogens is 355 g/mol. The zero-order valence-electron chi connectivity index (χ0n) is 15.7. The Morgan fingerprint density at radius 2 is 1.85 bits per heavy atom. The van der Waals surface area contributed by atoms with Gasteiger partial charge in [-0.05, 0) is 24.1 Å². The number of benzene rings is 1. The second kappa shape index (κ2) is 11.1. The van der Waals surface area contributed by atoms with Crippen LogP contribution in [0.3, 0.4) is 0 Å². The van der Waals surface area contributed by atoms with Crippen LogP contribution in [-0.2, 0) is 30.3 Å². The van der Waals surface area contributed by atoms with Gasteiger partial charge in [-0.3, -0.25) is 14.4 Å². The number of amides is 2. The van der Waals surface area contributed by atoms with Crippen LogP contribution in [-0.4, -0.2) is 42.8 Å². The second-order valence-electron chi connectivity index (χ2n) is 6.10. The topological polar surface area (TPSA) is 102 Å². The standard InChI is InChI=1S/C19H25FN2O5/c1-4-15(24)8-9-16(19(26)27-3)22-18(25)17(21-12(2)23)11-13-6-5-7-14(20)10-13/h5-7,10,16-17H,4,8-9,11H2,1-3H3,(H,21,23)(H,22,25)/t16-,17-/m1/s1. The molecule has 27 heavy (non-hydrogen) atoms. The summed E-state index contributed by atoms with van der Waals surface area (Å²) in [4.78, 5) is 47.5. The molecule has 7 nitrogen and oxygen atoms in total. The Kier molecular flexibility index (Phi) is 9.12. The molecule has 0 spiro atoms. The first kappa shape index (κ1) is 22.3. The van der Waals surface area contributed by atoms with Gasteiger partial charge in [-0.2, -0.15) is 0 Å². The lowest BCUT2D eigenvalue weighted by Crippen LogP contribution is -2.52. The minimum absolute atomic E-state index is 0.0451. The molecule has 1 aromatic rings. The van der Waals surface area contributed by atoms with E-state index in [-0.39, 0.29) is 25.0 Å². The fourth-order valence-electron chi connectivity index (χ4n) is 2.50. The van der Waals surface area contributed by atoms with Crippen molar-refractivity contribution in [3.63, 3.8) is 0 Å². The molecule has 1 rings (SSSR count). The number of hydrogen-bond acceptors (Lipinski definition) is 5. The highest BCUT2D eigenvalue weighted by Crippen LogP contribution is 2.09. The summed E-state index contributed by atoms with van der Waals surface area (Å²) in [6.45, 7) is 2.96. The van der Waals surface area contributed by atoms with Crippen molar-refractivity contribution in [2.75, 3.05) is 7.11 Å². The van der Waals surface area contributed by atoms with Crippen LogP contribution in [0, 0.1) is 5.82 Å². The summed E-state index contributed by atoms with van der Waals surface area (Å²) in [5, 5.41) is 5.01. The smallest absolute Gasteiger partial charge is 0.328 e. The highest BCUT2D eigenvalue weighted by atomic mass is 19.1. The predicted molar refractivity (Wildman–Crippen MR) is 96.2 cm³/mol. The maximum atomic E-state index is 13.4. The van der Waals surface area contributed by atoms with Gasteiger partial charge in [0.05, 0.1) is 7.11 Å². The van der Waals surface area contributed by atoms with E-state index in [4.69, 9.17) is 0 Å². The van der Waals surface area contributed by atoms with Gasteiger partial charge >= 0.3 is 5.97 Å². The van der Waals surface area contributed by atoms with Gasteiger partial charge in [-0.25, -0.2) is 9.18 Å². The van der Waals surface area contributed by atoms with Gasteiger partial charge in [0, 0.05) is 26.2 Å². The summed E-state index contributed by atoms with van der Waals surface area (Å²) in [5.74, 6) is -2.24. The zero-order chi connectivity index (χ0) is 20.4. The predicted octanol–water partition coefficient (Wildman–Crippen LogP) is 1.29. The van der Waals surface area contributed by atoms with E-state index >= 15 is 0 Å². The molecule has 0 aliphatic carbocycles. The summed E-state index contributed by atoms with van der Waals surface area (Å²) in [6.07, 6.45) is 0.587. The molecule has 1 aromatic carbocycles. The number of halogens is 1. The summed E-state index contributed by atoms with van der Waals surface area (Å²) in [6, 6.07) is 3.65. The quantitative estimate of drug-likeness (QED) is 0.596. The number of hydrogen-bond donors (Lipinski definition) is 2. The monoisotopic (exact) mass is 380 g/mol. The second-order valence-corrected chi connectivity index (χ2v) is 6.10. The number of carbonyl (C=O) groups is 4. The molecule has 0 aliphatic heterocycles. The van der Waals surface area contributed by atoms with Crippen molar-refractivity contribution in [1.82, 2.24) is 10.6 Å². The maximum absolute atomic E-state index is 13.4. The van der Waals surface area contributed by atoms with Crippen molar-refractivity contribution in [1.29, 1.82) is 0 Å². The number of ether oxygens (including phenoxy) is 1. The average Bonchev–Trinajstić information content (AvgIpc) is 2.63. The van der Waals surface area contributed by atoms with Crippen molar-refractivity contribution in [2.24, 2.45) is 0 Å². The van der Waals surface area contributed by atoms with E-state index in [2.05, 4.69) is 15.4 Å². The van der Waals surface area contributed by atoms with Crippen LogP contribution in [0.1, 0.15) is 38.7 Å². The molecule has 2 atom stereocenters. The molecule has 0 saturated heterocycles. The first-order chi connectivity index (χ1) is 12.8. The minimum atomic E-state index is -1.01. The highest BCUT2D eigenvalue weighted by molar-refractivity contribution is 5.90. The van der Waals surface area contributed by atoms with E-state index in [1.807, 2.05) is 0 Å². The summed E-state index contributed by atoms with van der Waals surface area (Å²) < 4.78 is 18.0. The SMILES string of the molecule is CCC(=O)CC[C@@H](NC(=O)[C@@H](Cc1cccc(F)c1)NC(C)=O)C(=O)OC. The molecule has 0 heterocycles. The molecule has 148 valence electrons. The van der Waals surface area contributed by atoms with Gasteiger partial charge in [0.25, 0.3) is 0 Å². The van der Waals surface area contributed by atoms with Crippen LogP contribution in [0.15, 0.2) is 24.3 Å². The molecule has 0 fully saturated rings. The van der Waals surface area contributed by atoms with Crippen molar-refractivity contribution in [2.45, 2.75) is 51.6 Å². The number of esters is 1. The van der Waals surface area contributed by atoms with E-state index in [1.54, 1.807) is 13.0 Å². The molecule has 0 aliphatic rings. The molecule has 0 bridgehead atoms. The molecule has 0 radical (unpaired) electrons. The fraction of sp³-hybridized carbons (Fsp3) is 0.474. The zero-order valence-corrected chi connectivity index (χ0v) is 15.7. The van der Waals surface area contributed by atoms with E-state index in [9.17, 15) is 23.6 Å². The van der Waals surface area contributed by atoms with Gasteiger partial charge < -0.3 is 15.4 Å². The van der Waals surface area contributed by atoms with Crippen LogP contribution < -0.4 is 10.6 Å². The van der Waals surface area contributed by atoms with Crippen molar-refractivity contribution < 1.29 is 28.3 Å². The lowest BCUT2D eigenvalue weighted by Gasteiger charge is -2.22. The third-order valence-electron chi connectivity index (χ3n) is 3.93. The Hall–Kier alpha value is -2.77. The molecule has 0 saturated carbocycles. The van der Waals surface area contributed by atoms with E-state index in [1.165, 1.54) is 32.2 Å². The Bertz CT molecular complexity index is 692. The molecular formula is C19H25FN2O5. The number of methoxy groups -OCH3 is 1. The Morgan fingerprint density at radius 1 is 1.15 bits per heavy atom. The first-order valence-electron chi connectivity index (χ1n) is 8.68. The average molecular weight is 380 g/mol. The summed E-state index contributed by atoms with van der Waals surface area (Å²) >= 11 is 0. The van der Waals surface area contributed by atoms with Crippen LogP contribution in [0.4, 0.5) is 4.39 Å². The van der Waals surface area contributed by atoms with Gasteiger partial charge in [-0.15, -0.1) is 0 Å². The Morgan fingerprint density at radius 3 is 2.41 bits per heavy atom. The summed E-state index contributed by atoms with van der Waals surface area (Å²) in [5.41, 5.74) is 0.514. The van der Waals surface area contributed by atoms with Crippen LogP contribution in [0.5, 0.6) is 0 Å². The van der Waals surface area contributed by atoms with E-state index < -0.39 is 35.7 Å². The van der Waals surface area contributed by atoms with E-state index in [0.29, 0.717) is 12.0 Å². The van der Waals surface area contributed by atoms with Gasteiger partial charge in [0.15, 0.2) is 0 Å². The number of carbonyl (C=O) groups excluding carboxylic acids is 4. The molecule has 2 amide bonds. The largest absolute Gasteiger partial charge is 0.467 e. The molecule has 8 heteroatoms. The maximum Gasteiger partial charge on any atom is 0.328 e. The number of nitrogens with one attached hydrogen (secondary N) is 2. The van der Waals surface area contributed by atoms with E-state index in [0.717, 1.165) is 0 Å². The van der Waals surface area contributed by atoms with Crippen LogP contribution in [0.25, 0.3) is 0 Å². The third-order valence-corrected chi connectivity index (χ3v) is 3.93. The van der Waals surface area contributed by atoms with Crippen molar-refractivity contribution in [3.05, 3.63) is 35.6 Å². The van der Waals surface area contributed by atoms with Gasteiger partial charge in [0.1, 0.15) is 23.7 Å². The highest BCUT2D eigenvalue weighted by Gasteiger charge is 2.27. The van der Waals surface area contributed by atoms with Crippen molar-refractivity contribution >= 4 is 23.6 Å². The lowest BCUT2D eigenvalue weighted by atomic mass is 10.0. The van der Waals surface area contributed by atoms with Crippen molar-refractivity contribution in [3.8, 4) is 0 Å². The van der Waals surface area contributed by atoms with Gasteiger partial charge in [-0.1, -0.05) is 19.1 Å². The molecule has 2 N–H and O–H groups in total. The molecule has 0 aromatic heterocycles. The van der Waals surface area contributed by atoms with Gasteiger partial charge in [0.2, 0.25) is 11.8 Å². The number of ketones is 1. The number of rotatable bonds is 10. The van der Waals surface area contributed by atoms with Crippen LogP contribution in [0.2, 0.25) is 0 Å². The molecule has 0 unspecified atom stereocenters. The third kappa shape index (κ3) is 7.98. The summed E-state index contributed by atoms with van der Waals surface area (Å²) in [7, 11) is 1.18. The normalized spacial score (nSPS) is 12.6.